The summed E-state index contributed by atoms with van der Waals surface area (Å²) >= 11 is 0. The van der Waals surface area contributed by atoms with Gasteiger partial charge < -0.3 is 9.84 Å². The first-order valence-electron chi connectivity index (χ1n) is 5.98. The molecule has 17 heavy (non-hydrogen) atoms. The fourth-order valence-electron chi connectivity index (χ4n) is 1.73. The molecule has 0 spiro atoms. The van der Waals surface area contributed by atoms with Gasteiger partial charge in [0.15, 0.2) is 6.29 Å². The predicted octanol–water partition coefficient (Wildman–Crippen LogP) is 3.51. The molecule has 0 amide bonds. The van der Waals surface area contributed by atoms with E-state index in [1.165, 1.54) is 11.1 Å². The van der Waals surface area contributed by atoms with Crippen LogP contribution in [0.15, 0.2) is 47.1 Å². The molecule has 2 unspecified atom stereocenters. The summed E-state index contributed by atoms with van der Waals surface area (Å²) in [5.41, 5.74) is 3.60. The number of hydrogen-bond acceptors (Lipinski definition) is 2. The first-order valence-corrected chi connectivity index (χ1v) is 5.98. The lowest BCUT2D eigenvalue weighted by Crippen LogP contribution is -2.24. The lowest BCUT2D eigenvalue weighted by molar-refractivity contribution is -0.0968. The van der Waals surface area contributed by atoms with Crippen molar-refractivity contribution < 1.29 is 9.84 Å². The molecule has 1 rings (SSSR count). The van der Waals surface area contributed by atoms with Gasteiger partial charge in [-0.15, -0.1) is 0 Å². The monoisotopic (exact) mass is 234 g/mol. The van der Waals surface area contributed by atoms with Crippen molar-refractivity contribution in [3.8, 4) is 0 Å². The van der Waals surface area contributed by atoms with Gasteiger partial charge in [-0.2, -0.15) is 0 Å². The molecule has 0 aliphatic carbocycles. The molecule has 1 aliphatic heterocycles. The van der Waals surface area contributed by atoms with Crippen LogP contribution < -0.4 is 0 Å². The molecule has 0 aromatic rings. The first kappa shape index (κ1) is 13.9. The Morgan fingerprint density at radius 2 is 2.12 bits per heavy atom. The van der Waals surface area contributed by atoms with Gasteiger partial charge in [-0.25, -0.2) is 0 Å². The second-order valence-corrected chi connectivity index (χ2v) is 4.80. The zero-order valence-corrected chi connectivity index (χ0v) is 11.1. The summed E-state index contributed by atoms with van der Waals surface area (Å²) in [4.78, 5) is 0. The summed E-state index contributed by atoms with van der Waals surface area (Å²) in [6, 6.07) is 0. The average molecular weight is 234 g/mol. The summed E-state index contributed by atoms with van der Waals surface area (Å²) in [5, 5.41) is 9.46. The number of rotatable bonds is 3. The van der Waals surface area contributed by atoms with Crippen LogP contribution in [0.3, 0.4) is 0 Å². The van der Waals surface area contributed by atoms with Crippen LogP contribution in [0.25, 0.3) is 0 Å². The zero-order chi connectivity index (χ0) is 12.8. The van der Waals surface area contributed by atoms with E-state index in [0.29, 0.717) is 0 Å². The first-order chi connectivity index (χ1) is 7.97. The van der Waals surface area contributed by atoms with Crippen LogP contribution in [-0.2, 0) is 4.74 Å². The maximum absolute atomic E-state index is 9.46. The SMILES string of the molecule is CC(C)=CC=CC(C)=CC1CC(C)=CC(O)O1. The van der Waals surface area contributed by atoms with E-state index in [2.05, 4.69) is 32.1 Å². The Balaban J connectivity index is 2.60. The van der Waals surface area contributed by atoms with Crippen LogP contribution in [0.1, 0.15) is 34.1 Å². The molecule has 0 radical (unpaired) electrons. The van der Waals surface area contributed by atoms with Crippen LogP contribution in [0.2, 0.25) is 0 Å². The van der Waals surface area contributed by atoms with Crippen molar-refractivity contribution in [3.05, 3.63) is 47.1 Å². The maximum atomic E-state index is 9.46. The molecule has 2 nitrogen and oxygen atoms in total. The maximum Gasteiger partial charge on any atom is 0.175 e. The Labute approximate surface area is 104 Å². The molecule has 1 aliphatic rings. The van der Waals surface area contributed by atoms with E-state index < -0.39 is 6.29 Å². The smallest absolute Gasteiger partial charge is 0.175 e. The van der Waals surface area contributed by atoms with E-state index in [4.69, 9.17) is 4.74 Å². The number of aliphatic hydroxyl groups is 1. The van der Waals surface area contributed by atoms with Gasteiger partial charge in [0, 0.05) is 0 Å². The molecule has 2 atom stereocenters. The van der Waals surface area contributed by atoms with E-state index in [9.17, 15) is 5.11 Å². The highest BCUT2D eigenvalue weighted by molar-refractivity contribution is 5.24. The molecular formula is C15H22O2. The minimum Gasteiger partial charge on any atom is -0.365 e. The fraction of sp³-hybridized carbons (Fsp3) is 0.467. The average Bonchev–Trinajstić information content (AvgIpc) is 2.14. The molecule has 0 saturated heterocycles. The highest BCUT2D eigenvalue weighted by Crippen LogP contribution is 2.19. The predicted molar refractivity (Wildman–Crippen MR) is 71.6 cm³/mol. The number of allylic oxidation sites excluding steroid dienone is 5. The van der Waals surface area contributed by atoms with Crippen LogP contribution in [-0.4, -0.2) is 17.5 Å². The Hall–Kier alpha value is -1.12. The molecule has 2 heteroatoms. The molecule has 1 heterocycles. The van der Waals surface area contributed by atoms with E-state index in [-0.39, 0.29) is 6.10 Å². The van der Waals surface area contributed by atoms with Gasteiger partial charge in [0.25, 0.3) is 0 Å². The second-order valence-electron chi connectivity index (χ2n) is 4.80. The van der Waals surface area contributed by atoms with Crippen molar-refractivity contribution in [3.63, 3.8) is 0 Å². The summed E-state index contributed by atoms with van der Waals surface area (Å²) in [6.07, 6.45) is 10.0. The van der Waals surface area contributed by atoms with Gasteiger partial charge in [-0.05, 0) is 40.2 Å². The Bertz CT molecular complexity index is 368. The molecule has 0 saturated carbocycles. The second kappa shape index (κ2) is 6.58. The van der Waals surface area contributed by atoms with Crippen molar-refractivity contribution in [1.29, 1.82) is 0 Å². The Morgan fingerprint density at radius 1 is 1.41 bits per heavy atom. The molecule has 0 bridgehead atoms. The third-order valence-corrected chi connectivity index (χ3v) is 2.50. The van der Waals surface area contributed by atoms with Gasteiger partial charge in [-0.1, -0.05) is 41.0 Å². The van der Waals surface area contributed by atoms with Gasteiger partial charge >= 0.3 is 0 Å². The van der Waals surface area contributed by atoms with Crippen molar-refractivity contribution in [2.24, 2.45) is 0 Å². The van der Waals surface area contributed by atoms with E-state index in [1.54, 1.807) is 6.08 Å². The fourth-order valence-corrected chi connectivity index (χ4v) is 1.73. The van der Waals surface area contributed by atoms with Crippen LogP contribution in [0.5, 0.6) is 0 Å². The summed E-state index contributed by atoms with van der Waals surface area (Å²) in [5.74, 6) is 0. The molecular weight excluding hydrogens is 212 g/mol. The topological polar surface area (TPSA) is 29.5 Å². The standard InChI is InChI=1S/C15H22O2/c1-11(2)6-5-7-12(3)8-14-9-13(4)10-15(16)17-14/h5-8,10,14-16H,9H2,1-4H3. The Morgan fingerprint density at radius 3 is 2.71 bits per heavy atom. The van der Waals surface area contributed by atoms with Gasteiger partial charge in [0.05, 0.1) is 6.10 Å². The normalized spacial score (nSPS) is 25.9. The highest BCUT2D eigenvalue weighted by atomic mass is 16.6. The van der Waals surface area contributed by atoms with Gasteiger partial charge in [-0.3, -0.25) is 0 Å². The summed E-state index contributed by atoms with van der Waals surface area (Å²) in [7, 11) is 0. The zero-order valence-electron chi connectivity index (χ0n) is 11.1. The van der Waals surface area contributed by atoms with Crippen LogP contribution in [0, 0.1) is 0 Å². The van der Waals surface area contributed by atoms with E-state index >= 15 is 0 Å². The number of hydrogen-bond donors (Lipinski definition) is 1. The largest absolute Gasteiger partial charge is 0.365 e. The third kappa shape index (κ3) is 5.66. The molecule has 94 valence electrons. The van der Waals surface area contributed by atoms with Gasteiger partial charge in [0.2, 0.25) is 0 Å². The third-order valence-electron chi connectivity index (χ3n) is 2.50. The van der Waals surface area contributed by atoms with Crippen molar-refractivity contribution >= 4 is 0 Å². The van der Waals surface area contributed by atoms with E-state index in [0.717, 1.165) is 12.0 Å². The minimum absolute atomic E-state index is 0.0219. The molecule has 0 fully saturated rings. The number of ether oxygens (including phenoxy) is 1. The van der Waals surface area contributed by atoms with Crippen LogP contribution in [0.4, 0.5) is 0 Å². The van der Waals surface area contributed by atoms with E-state index in [1.807, 2.05) is 19.9 Å². The van der Waals surface area contributed by atoms with Gasteiger partial charge in [0.1, 0.15) is 0 Å². The lowest BCUT2D eigenvalue weighted by atomic mass is 10.0. The van der Waals surface area contributed by atoms with Crippen molar-refractivity contribution in [2.75, 3.05) is 0 Å². The number of aliphatic hydroxyl groups excluding tert-OH is 1. The Kier molecular flexibility index (Phi) is 5.39. The molecule has 1 N–H and O–H groups in total. The summed E-state index contributed by atoms with van der Waals surface area (Å²) < 4.78 is 5.41. The summed E-state index contributed by atoms with van der Waals surface area (Å²) in [6.45, 7) is 8.19. The quantitative estimate of drug-likeness (QED) is 0.598. The van der Waals surface area contributed by atoms with Crippen molar-refractivity contribution in [2.45, 2.75) is 46.5 Å². The lowest BCUT2D eigenvalue weighted by Gasteiger charge is -2.23. The van der Waals surface area contributed by atoms with Crippen LogP contribution >= 0.6 is 0 Å². The highest BCUT2D eigenvalue weighted by Gasteiger charge is 2.16. The van der Waals surface area contributed by atoms with Crippen molar-refractivity contribution in [1.82, 2.24) is 0 Å². The molecule has 0 aromatic carbocycles. The minimum atomic E-state index is -0.764. The molecule has 0 aromatic heterocycles.